The van der Waals surface area contributed by atoms with Crippen molar-refractivity contribution in [3.05, 3.63) is 30.1 Å². The van der Waals surface area contributed by atoms with Crippen LogP contribution in [0.2, 0.25) is 0 Å². The van der Waals surface area contributed by atoms with E-state index in [4.69, 9.17) is 0 Å². The number of nitrogens with zero attached hydrogens (tertiary/aromatic N) is 5. The van der Waals surface area contributed by atoms with Crippen LogP contribution in [0.15, 0.2) is 18.6 Å². The van der Waals surface area contributed by atoms with Crippen molar-refractivity contribution < 1.29 is 0 Å². The Morgan fingerprint density at radius 3 is 2.89 bits per heavy atom. The number of rotatable bonds is 6. The van der Waals surface area contributed by atoms with Gasteiger partial charge in [0.2, 0.25) is 0 Å². The molecule has 2 rings (SSSR count). The van der Waals surface area contributed by atoms with Gasteiger partial charge in [-0.2, -0.15) is 10.2 Å². The highest BCUT2D eigenvalue weighted by molar-refractivity contribution is 4.99. The Balaban J connectivity index is 1.77. The van der Waals surface area contributed by atoms with E-state index in [9.17, 15) is 0 Å². The standard InChI is InChI=1S/C12H20N6/c1-10(2)18-12(14-9-15-18)8-13-6-4-11-5-7-17(3)16-11/h5,7,9-10,13H,4,6,8H2,1-3H3. The van der Waals surface area contributed by atoms with Crippen LogP contribution >= 0.6 is 0 Å². The van der Waals surface area contributed by atoms with Crippen LogP contribution in [0.4, 0.5) is 0 Å². The lowest BCUT2D eigenvalue weighted by Crippen LogP contribution is -2.21. The summed E-state index contributed by atoms with van der Waals surface area (Å²) in [4.78, 5) is 4.26. The molecule has 0 atom stereocenters. The van der Waals surface area contributed by atoms with Gasteiger partial charge in [-0.15, -0.1) is 0 Å². The maximum Gasteiger partial charge on any atom is 0.141 e. The van der Waals surface area contributed by atoms with E-state index < -0.39 is 0 Å². The molecule has 0 aliphatic carbocycles. The van der Waals surface area contributed by atoms with Gasteiger partial charge in [0.25, 0.3) is 0 Å². The molecule has 0 aromatic carbocycles. The molecule has 2 heterocycles. The van der Waals surface area contributed by atoms with Crippen LogP contribution in [-0.4, -0.2) is 31.1 Å². The second-order valence-electron chi connectivity index (χ2n) is 4.62. The summed E-state index contributed by atoms with van der Waals surface area (Å²) in [6, 6.07) is 2.39. The van der Waals surface area contributed by atoms with Crippen molar-refractivity contribution in [2.45, 2.75) is 32.9 Å². The van der Waals surface area contributed by atoms with Crippen molar-refractivity contribution in [2.24, 2.45) is 7.05 Å². The molecule has 18 heavy (non-hydrogen) atoms. The minimum absolute atomic E-state index is 0.347. The molecule has 6 heteroatoms. The van der Waals surface area contributed by atoms with Crippen LogP contribution in [0.25, 0.3) is 0 Å². The molecule has 0 fully saturated rings. The minimum atomic E-state index is 0.347. The third-order valence-corrected chi connectivity index (χ3v) is 2.75. The number of aryl methyl sites for hydroxylation is 1. The highest BCUT2D eigenvalue weighted by Crippen LogP contribution is 2.04. The number of hydrogen-bond donors (Lipinski definition) is 1. The summed E-state index contributed by atoms with van der Waals surface area (Å²) in [7, 11) is 1.93. The molecule has 0 spiro atoms. The highest BCUT2D eigenvalue weighted by Gasteiger charge is 2.06. The van der Waals surface area contributed by atoms with Crippen LogP contribution in [0, 0.1) is 0 Å². The van der Waals surface area contributed by atoms with Crippen molar-refractivity contribution in [3.63, 3.8) is 0 Å². The first kappa shape index (κ1) is 12.8. The highest BCUT2D eigenvalue weighted by atomic mass is 15.4. The summed E-state index contributed by atoms with van der Waals surface area (Å²) in [5, 5.41) is 11.9. The first-order valence-electron chi connectivity index (χ1n) is 6.24. The quantitative estimate of drug-likeness (QED) is 0.772. The van der Waals surface area contributed by atoms with E-state index in [0.717, 1.165) is 31.0 Å². The van der Waals surface area contributed by atoms with Gasteiger partial charge in [-0.05, 0) is 19.9 Å². The SMILES string of the molecule is CC(C)n1ncnc1CNCCc1ccn(C)n1. The largest absolute Gasteiger partial charge is 0.309 e. The zero-order chi connectivity index (χ0) is 13.0. The van der Waals surface area contributed by atoms with Gasteiger partial charge in [0.15, 0.2) is 0 Å². The molecule has 0 saturated carbocycles. The maximum absolute atomic E-state index is 4.33. The molecular weight excluding hydrogens is 228 g/mol. The average Bonchev–Trinajstić information content (AvgIpc) is 2.93. The maximum atomic E-state index is 4.33. The van der Waals surface area contributed by atoms with Crippen LogP contribution in [0.5, 0.6) is 0 Å². The fourth-order valence-electron chi connectivity index (χ4n) is 1.85. The van der Waals surface area contributed by atoms with Gasteiger partial charge < -0.3 is 5.32 Å². The zero-order valence-electron chi connectivity index (χ0n) is 11.2. The zero-order valence-corrected chi connectivity index (χ0v) is 11.2. The van der Waals surface area contributed by atoms with Gasteiger partial charge in [0.05, 0.1) is 12.2 Å². The summed E-state index contributed by atoms with van der Waals surface area (Å²) in [5.41, 5.74) is 1.11. The Labute approximate surface area is 107 Å². The Morgan fingerprint density at radius 1 is 1.39 bits per heavy atom. The molecule has 0 unspecified atom stereocenters. The molecule has 0 amide bonds. The van der Waals surface area contributed by atoms with Crippen molar-refractivity contribution in [1.82, 2.24) is 29.9 Å². The predicted octanol–water partition coefficient (Wildman–Crippen LogP) is 0.925. The molecule has 2 aromatic heterocycles. The van der Waals surface area contributed by atoms with Crippen LogP contribution in [-0.2, 0) is 20.0 Å². The number of aromatic nitrogens is 5. The first-order chi connectivity index (χ1) is 8.66. The second kappa shape index (κ2) is 5.77. The summed E-state index contributed by atoms with van der Waals surface area (Å²) in [6.07, 6.45) is 4.50. The van der Waals surface area contributed by atoms with Crippen molar-refractivity contribution in [1.29, 1.82) is 0 Å². The van der Waals surface area contributed by atoms with Crippen molar-refractivity contribution in [2.75, 3.05) is 6.54 Å². The Hall–Kier alpha value is -1.69. The number of nitrogens with one attached hydrogen (secondary N) is 1. The first-order valence-corrected chi connectivity index (χ1v) is 6.24. The molecule has 1 N–H and O–H groups in total. The third-order valence-electron chi connectivity index (χ3n) is 2.75. The van der Waals surface area contributed by atoms with Crippen LogP contribution in [0.3, 0.4) is 0 Å². The second-order valence-corrected chi connectivity index (χ2v) is 4.62. The van der Waals surface area contributed by atoms with Gasteiger partial charge in [-0.3, -0.25) is 4.68 Å². The Bertz CT molecular complexity index is 484. The van der Waals surface area contributed by atoms with E-state index in [2.05, 4.69) is 34.3 Å². The van der Waals surface area contributed by atoms with E-state index >= 15 is 0 Å². The average molecular weight is 248 g/mol. The number of hydrogen-bond acceptors (Lipinski definition) is 4. The Morgan fingerprint density at radius 2 is 2.22 bits per heavy atom. The lowest BCUT2D eigenvalue weighted by Gasteiger charge is -2.09. The monoisotopic (exact) mass is 248 g/mol. The van der Waals surface area contributed by atoms with Crippen LogP contribution < -0.4 is 5.32 Å². The Kier molecular flexibility index (Phi) is 4.09. The summed E-state index contributed by atoms with van der Waals surface area (Å²) >= 11 is 0. The molecule has 0 radical (unpaired) electrons. The molecule has 0 aliphatic rings. The smallest absolute Gasteiger partial charge is 0.141 e. The lowest BCUT2D eigenvalue weighted by atomic mass is 10.3. The van der Waals surface area contributed by atoms with E-state index in [1.807, 2.05) is 28.7 Å². The van der Waals surface area contributed by atoms with Crippen molar-refractivity contribution >= 4 is 0 Å². The summed E-state index contributed by atoms with van der Waals surface area (Å²) < 4.78 is 3.76. The summed E-state index contributed by atoms with van der Waals surface area (Å²) in [5.74, 6) is 0.978. The van der Waals surface area contributed by atoms with Crippen molar-refractivity contribution in [3.8, 4) is 0 Å². The van der Waals surface area contributed by atoms with Gasteiger partial charge in [0, 0.05) is 32.3 Å². The van der Waals surface area contributed by atoms with Gasteiger partial charge in [0.1, 0.15) is 12.2 Å². The predicted molar refractivity (Wildman–Crippen MR) is 69.0 cm³/mol. The van der Waals surface area contributed by atoms with E-state index in [1.165, 1.54) is 0 Å². The van der Waals surface area contributed by atoms with E-state index in [-0.39, 0.29) is 0 Å². The molecule has 98 valence electrons. The van der Waals surface area contributed by atoms with Gasteiger partial charge in [-0.25, -0.2) is 9.67 Å². The molecule has 0 saturated heterocycles. The minimum Gasteiger partial charge on any atom is -0.309 e. The molecule has 0 aliphatic heterocycles. The van der Waals surface area contributed by atoms with E-state index in [0.29, 0.717) is 6.04 Å². The third kappa shape index (κ3) is 3.16. The van der Waals surface area contributed by atoms with E-state index in [1.54, 1.807) is 6.33 Å². The molecule has 6 nitrogen and oxygen atoms in total. The molecular formula is C12H20N6. The normalized spacial score (nSPS) is 11.3. The van der Waals surface area contributed by atoms with Gasteiger partial charge in [-0.1, -0.05) is 0 Å². The fourth-order valence-corrected chi connectivity index (χ4v) is 1.85. The van der Waals surface area contributed by atoms with Crippen LogP contribution in [0.1, 0.15) is 31.4 Å². The lowest BCUT2D eigenvalue weighted by molar-refractivity contribution is 0.490. The van der Waals surface area contributed by atoms with Gasteiger partial charge >= 0.3 is 0 Å². The topological polar surface area (TPSA) is 60.6 Å². The fraction of sp³-hybridized carbons (Fsp3) is 0.583. The summed E-state index contributed by atoms with van der Waals surface area (Å²) in [6.45, 7) is 5.84. The molecule has 0 bridgehead atoms. The molecule has 2 aromatic rings.